The number of nitrogen functional groups attached to an aromatic ring is 1. The Labute approximate surface area is 127 Å². The fourth-order valence-corrected chi connectivity index (χ4v) is 3.23. The van der Waals surface area contributed by atoms with E-state index in [2.05, 4.69) is 51.2 Å². The minimum Gasteiger partial charge on any atom is -0.368 e. The van der Waals surface area contributed by atoms with Gasteiger partial charge in [-0.2, -0.15) is 15.0 Å². The van der Waals surface area contributed by atoms with Crippen LogP contribution in [-0.4, -0.2) is 28.0 Å². The summed E-state index contributed by atoms with van der Waals surface area (Å²) in [6.45, 7) is 5.82. The van der Waals surface area contributed by atoms with E-state index in [9.17, 15) is 0 Å². The molecule has 0 saturated carbocycles. The molecule has 1 aromatic carbocycles. The number of nitrogens with two attached hydrogens (primary N) is 1. The van der Waals surface area contributed by atoms with Crippen molar-refractivity contribution >= 4 is 33.3 Å². The second-order valence-corrected chi connectivity index (χ2v) is 5.55. The molecule has 2 N–H and O–H groups in total. The molecule has 0 fully saturated rings. The summed E-state index contributed by atoms with van der Waals surface area (Å²) in [5, 5.41) is 3.27. The van der Waals surface area contributed by atoms with Crippen LogP contribution >= 0.6 is 11.3 Å². The van der Waals surface area contributed by atoms with E-state index in [0.29, 0.717) is 11.8 Å². The smallest absolute Gasteiger partial charge is 0.230 e. The molecule has 5 nitrogen and oxygen atoms in total. The maximum Gasteiger partial charge on any atom is 0.230 e. The summed E-state index contributed by atoms with van der Waals surface area (Å²) in [7, 11) is 0. The topological polar surface area (TPSA) is 67.9 Å². The first-order valence-corrected chi connectivity index (χ1v) is 7.84. The van der Waals surface area contributed by atoms with Gasteiger partial charge in [0.2, 0.25) is 11.9 Å². The van der Waals surface area contributed by atoms with Gasteiger partial charge in [-0.1, -0.05) is 12.1 Å². The van der Waals surface area contributed by atoms with E-state index in [-0.39, 0.29) is 5.95 Å². The zero-order chi connectivity index (χ0) is 14.8. The van der Waals surface area contributed by atoms with Crippen molar-refractivity contribution in [3.8, 4) is 11.4 Å². The molecule has 0 spiro atoms. The Morgan fingerprint density at radius 1 is 1.10 bits per heavy atom. The number of nitrogens with zero attached hydrogens (tertiary/aromatic N) is 4. The maximum absolute atomic E-state index is 5.88. The van der Waals surface area contributed by atoms with Gasteiger partial charge in [-0.3, -0.25) is 0 Å². The van der Waals surface area contributed by atoms with E-state index in [1.54, 1.807) is 11.3 Å². The summed E-state index contributed by atoms with van der Waals surface area (Å²) in [5.41, 5.74) is 6.88. The van der Waals surface area contributed by atoms with Crippen molar-refractivity contribution in [1.82, 2.24) is 15.0 Å². The number of fused-ring (bicyclic) bond motifs is 1. The first-order chi connectivity index (χ1) is 10.2. The minimum absolute atomic E-state index is 0.260. The molecule has 2 aromatic heterocycles. The van der Waals surface area contributed by atoms with E-state index in [1.807, 2.05) is 12.1 Å². The highest BCUT2D eigenvalue weighted by Gasteiger charge is 2.13. The Bertz CT molecular complexity index is 764. The Kier molecular flexibility index (Phi) is 3.70. The Morgan fingerprint density at radius 3 is 2.67 bits per heavy atom. The third kappa shape index (κ3) is 2.54. The number of hydrogen-bond donors (Lipinski definition) is 1. The van der Waals surface area contributed by atoms with E-state index >= 15 is 0 Å². The predicted molar refractivity (Wildman–Crippen MR) is 88.6 cm³/mol. The summed E-state index contributed by atoms with van der Waals surface area (Å²) in [6.07, 6.45) is 0. The SMILES string of the molecule is CCN(CC)c1nc(N)nc(-c2cccc3ccsc23)n1. The van der Waals surface area contributed by atoms with E-state index in [0.717, 1.165) is 18.7 Å². The van der Waals surface area contributed by atoms with Crippen molar-refractivity contribution in [2.45, 2.75) is 13.8 Å². The van der Waals surface area contributed by atoms with E-state index in [4.69, 9.17) is 5.73 Å². The predicted octanol–water partition coefficient (Wildman–Crippen LogP) is 3.18. The number of benzene rings is 1. The zero-order valence-corrected chi connectivity index (χ0v) is 12.9. The van der Waals surface area contributed by atoms with Crippen LogP contribution in [0.4, 0.5) is 11.9 Å². The van der Waals surface area contributed by atoms with Crippen molar-refractivity contribution in [3.05, 3.63) is 29.6 Å². The Hall–Kier alpha value is -2.21. The van der Waals surface area contributed by atoms with Crippen LogP contribution in [0.5, 0.6) is 0 Å². The lowest BCUT2D eigenvalue weighted by Gasteiger charge is -2.18. The molecule has 0 radical (unpaired) electrons. The van der Waals surface area contributed by atoms with Crippen molar-refractivity contribution in [2.24, 2.45) is 0 Å². The van der Waals surface area contributed by atoms with Crippen molar-refractivity contribution < 1.29 is 0 Å². The highest BCUT2D eigenvalue weighted by molar-refractivity contribution is 7.17. The van der Waals surface area contributed by atoms with Crippen LogP contribution in [0.3, 0.4) is 0 Å². The summed E-state index contributed by atoms with van der Waals surface area (Å²) in [4.78, 5) is 15.2. The lowest BCUT2D eigenvalue weighted by Crippen LogP contribution is -2.25. The second-order valence-electron chi connectivity index (χ2n) is 4.63. The van der Waals surface area contributed by atoms with E-state index in [1.165, 1.54) is 10.1 Å². The summed E-state index contributed by atoms with van der Waals surface area (Å²) in [6, 6.07) is 8.23. The van der Waals surface area contributed by atoms with Crippen LogP contribution in [0.15, 0.2) is 29.6 Å². The molecule has 0 aliphatic heterocycles. The third-order valence-corrected chi connectivity index (χ3v) is 4.37. The van der Waals surface area contributed by atoms with E-state index < -0.39 is 0 Å². The standard InChI is InChI=1S/C15H17N5S/c1-3-20(4-2)15-18-13(17-14(16)19-15)11-7-5-6-10-8-9-21-12(10)11/h5-9H,3-4H2,1-2H3,(H2,16,17,18,19). The molecule has 6 heteroatoms. The average Bonchev–Trinajstić information content (AvgIpc) is 2.96. The lowest BCUT2D eigenvalue weighted by atomic mass is 10.1. The number of anilines is 2. The third-order valence-electron chi connectivity index (χ3n) is 3.41. The molecule has 0 bridgehead atoms. The van der Waals surface area contributed by atoms with Gasteiger partial charge in [-0.05, 0) is 36.7 Å². The van der Waals surface area contributed by atoms with Gasteiger partial charge in [-0.25, -0.2) is 0 Å². The normalized spacial score (nSPS) is 11.0. The molecule has 2 heterocycles. The van der Waals surface area contributed by atoms with Gasteiger partial charge in [-0.15, -0.1) is 11.3 Å². The van der Waals surface area contributed by atoms with Crippen LogP contribution in [-0.2, 0) is 0 Å². The second kappa shape index (κ2) is 5.65. The molecule has 3 rings (SSSR count). The highest BCUT2D eigenvalue weighted by Crippen LogP contribution is 2.31. The largest absolute Gasteiger partial charge is 0.368 e. The molecule has 0 aliphatic rings. The monoisotopic (exact) mass is 299 g/mol. The van der Waals surface area contributed by atoms with Gasteiger partial charge in [0.05, 0.1) is 0 Å². The summed E-state index contributed by atoms with van der Waals surface area (Å²) >= 11 is 1.69. The molecule has 3 aromatic rings. The Balaban J connectivity index is 2.16. The molecule has 21 heavy (non-hydrogen) atoms. The average molecular weight is 299 g/mol. The van der Waals surface area contributed by atoms with Crippen LogP contribution in [0, 0.1) is 0 Å². The van der Waals surface area contributed by atoms with Crippen molar-refractivity contribution in [2.75, 3.05) is 23.7 Å². The van der Waals surface area contributed by atoms with Gasteiger partial charge in [0.15, 0.2) is 5.82 Å². The highest BCUT2D eigenvalue weighted by atomic mass is 32.1. The van der Waals surface area contributed by atoms with Gasteiger partial charge in [0.25, 0.3) is 0 Å². The molecule has 0 atom stereocenters. The van der Waals surface area contributed by atoms with Gasteiger partial charge in [0, 0.05) is 23.4 Å². The first kappa shape index (κ1) is 13.8. The first-order valence-electron chi connectivity index (χ1n) is 6.96. The summed E-state index contributed by atoms with van der Waals surface area (Å²) < 4.78 is 1.17. The molecule has 0 unspecified atom stereocenters. The Morgan fingerprint density at radius 2 is 1.90 bits per heavy atom. The van der Waals surface area contributed by atoms with Crippen LogP contribution in [0.1, 0.15) is 13.8 Å². The molecular formula is C15H17N5S. The maximum atomic E-state index is 5.88. The quantitative estimate of drug-likeness (QED) is 0.801. The van der Waals surface area contributed by atoms with Crippen molar-refractivity contribution in [3.63, 3.8) is 0 Å². The van der Waals surface area contributed by atoms with Gasteiger partial charge >= 0.3 is 0 Å². The fourth-order valence-electron chi connectivity index (χ4n) is 2.32. The van der Waals surface area contributed by atoms with Crippen molar-refractivity contribution in [1.29, 1.82) is 0 Å². The fraction of sp³-hybridized carbons (Fsp3) is 0.267. The van der Waals surface area contributed by atoms with Crippen LogP contribution < -0.4 is 10.6 Å². The van der Waals surface area contributed by atoms with Crippen LogP contribution in [0.2, 0.25) is 0 Å². The lowest BCUT2D eigenvalue weighted by molar-refractivity contribution is 0.816. The van der Waals surface area contributed by atoms with Crippen LogP contribution in [0.25, 0.3) is 21.5 Å². The number of aromatic nitrogens is 3. The minimum atomic E-state index is 0.260. The molecule has 0 saturated heterocycles. The molecular weight excluding hydrogens is 282 g/mol. The summed E-state index contributed by atoms with van der Waals surface area (Å²) in [5.74, 6) is 1.53. The number of rotatable bonds is 4. The molecule has 0 amide bonds. The van der Waals surface area contributed by atoms with Gasteiger partial charge < -0.3 is 10.6 Å². The molecule has 108 valence electrons. The number of hydrogen-bond acceptors (Lipinski definition) is 6. The van der Waals surface area contributed by atoms with Gasteiger partial charge in [0.1, 0.15) is 0 Å². The number of thiophene rings is 1. The zero-order valence-electron chi connectivity index (χ0n) is 12.1. The molecule has 0 aliphatic carbocycles.